The molecule has 0 amide bonds. The summed E-state index contributed by atoms with van der Waals surface area (Å²) in [5.74, 6) is -0.952. The van der Waals surface area contributed by atoms with Crippen LogP contribution in [-0.4, -0.2) is 30.4 Å². The van der Waals surface area contributed by atoms with Gasteiger partial charge in [0, 0.05) is 6.08 Å². The molecule has 1 heterocycles. The van der Waals surface area contributed by atoms with Crippen molar-refractivity contribution in [2.75, 3.05) is 13.2 Å². The highest BCUT2D eigenvalue weighted by atomic mass is 16.6. The van der Waals surface area contributed by atoms with Crippen molar-refractivity contribution in [1.29, 1.82) is 0 Å². The number of epoxide rings is 1. The third-order valence-corrected chi connectivity index (χ3v) is 3.02. The number of rotatable bonds is 6. The predicted molar refractivity (Wildman–Crippen MR) is 72.0 cm³/mol. The second-order valence-corrected chi connectivity index (χ2v) is 4.73. The summed E-state index contributed by atoms with van der Waals surface area (Å²) < 4.78 is 10.9. The van der Waals surface area contributed by atoms with Gasteiger partial charge >= 0.3 is 5.97 Å². The first-order valence-electron chi connectivity index (χ1n) is 6.31. The summed E-state index contributed by atoms with van der Waals surface area (Å²) in [6.45, 7) is 5.32. The van der Waals surface area contributed by atoms with Gasteiger partial charge in [-0.15, -0.1) is 0 Å². The Bertz CT molecular complexity index is 489. The highest BCUT2D eigenvalue weighted by molar-refractivity contribution is 5.85. The van der Waals surface area contributed by atoms with E-state index in [1.165, 1.54) is 0 Å². The summed E-state index contributed by atoms with van der Waals surface area (Å²) in [6, 6.07) is 5.90. The SMILES string of the molecule is Cc1ccc(/C=C/C(=O)O)c([C@@H](C)OC[C@H]2CO2)c1. The molecule has 1 fully saturated rings. The Kier molecular flexibility index (Phi) is 4.35. The molecular formula is C15H18O4. The normalized spacial score (nSPS) is 19.6. The molecule has 4 nitrogen and oxygen atoms in total. The van der Waals surface area contributed by atoms with Crippen molar-refractivity contribution in [3.05, 3.63) is 41.0 Å². The number of carboxylic acid groups (broad SMARTS) is 1. The van der Waals surface area contributed by atoms with Crippen LogP contribution in [0.5, 0.6) is 0 Å². The van der Waals surface area contributed by atoms with Crippen LogP contribution < -0.4 is 0 Å². The molecule has 4 heteroatoms. The zero-order valence-corrected chi connectivity index (χ0v) is 11.1. The average Bonchev–Trinajstić information content (AvgIpc) is 3.18. The van der Waals surface area contributed by atoms with Crippen LogP contribution in [0.2, 0.25) is 0 Å². The highest BCUT2D eigenvalue weighted by Gasteiger charge is 2.24. The van der Waals surface area contributed by atoms with Crippen LogP contribution in [0.1, 0.15) is 29.7 Å². The average molecular weight is 262 g/mol. The van der Waals surface area contributed by atoms with Crippen molar-refractivity contribution in [1.82, 2.24) is 0 Å². The van der Waals surface area contributed by atoms with Gasteiger partial charge in [0.15, 0.2) is 0 Å². The van der Waals surface area contributed by atoms with Crippen LogP contribution in [0.25, 0.3) is 6.08 Å². The summed E-state index contributed by atoms with van der Waals surface area (Å²) in [7, 11) is 0. The molecule has 0 saturated carbocycles. The van der Waals surface area contributed by atoms with E-state index in [9.17, 15) is 4.79 Å². The number of carbonyl (C=O) groups is 1. The minimum atomic E-state index is -0.952. The first-order valence-corrected chi connectivity index (χ1v) is 6.31. The molecular weight excluding hydrogens is 244 g/mol. The fourth-order valence-corrected chi connectivity index (χ4v) is 1.86. The summed E-state index contributed by atoms with van der Waals surface area (Å²) in [4.78, 5) is 10.6. The van der Waals surface area contributed by atoms with Gasteiger partial charge in [-0.05, 0) is 31.1 Å². The van der Waals surface area contributed by atoms with Crippen LogP contribution in [0.4, 0.5) is 0 Å². The van der Waals surface area contributed by atoms with E-state index in [0.717, 1.165) is 29.4 Å². The van der Waals surface area contributed by atoms with Crippen LogP contribution in [0.15, 0.2) is 24.3 Å². The molecule has 19 heavy (non-hydrogen) atoms. The summed E-state index contributed by atoms with van der Waals surface area (Å²) in [6.07, 6.45) is 2.89. The van der Waals surface area contributed by atoms with E-state index in [1.54, 1.807) is 6.08 Å². The smallest absolute Gasteiger partial charge is 0.328 e. The molecule has 1 aliphatic rings. The fourth-order valence-electron chi connectivity index (χ4n) is 1.86. The van der Waals surface area contributed by atoms with E-state index in [2.05, 4.69) is 0 Å². The van der Waals surface area contributed by atoms with E-state index in [0.29, 0.717) is 6.61 Å². The molecule has 102 valence electrons. The monoisotopic (exact) mass is 262 g/mol. The zero-order chi connectivity index (χ0) is 13.8. The fraction of sp³-hybridized carbons (Fsp3) is 0.400. The Labute approximate surface area is 112 Å². The van der Waals surface area contributed by atoms with E-state index < -0.39 is 5.97 Å². The molecule has 0 spiro atoms. The minimum absolute atomic E-state index is 0.0856. The lowest BCUT2D eigenvalue weighted by molar-refractivity contribution is -0.131. The first kappa shape index (κ1) is 13.8. The summed E-state index contributed by atoms with van der Waals surface area (Å²) in [5, 5.41) is 8.71. The molecule has 0 aliphatic carbocycles. The summed E-state index contributed by atoms with van der Waals surface area (Å²) >= 11 is 0. The molecule has 1 aromatic rings. The van der Waals surface area contributed by atoms with E-state index in [1.807, 2.05) is 32.0 Å². The van der Waals surface area contributed by atoms with Crippen molar-refractivity contribution in [3.63, 3.8) is 0 Å². The third-order valence-electron chi connectivity index (χ3n) is 3.02. The van der Waals surface area contributed by atoms with Gasteiger partial charge in [-0.25, -0.2) is 4.79 Å². The molecule has 0 aromatic heterocycles. The maximum Gasteiger partial charge on any atom is 0.328 e. The van der Waals surface area contributed by atoms with E-state index in [4.69, 9.17) is 14.6 Å². The van der Waals surface area contributed by atoms with Crippen LogP contribution in [-0.2, 0) is 14.3 Å². The predicted octanol–water partition coefficient (Wildman–Crippen LogP) is 2.57. The molecule has 2 atom stereocenters. The number of benzene rings is 1. The number of hydrogen-bond acceptors (Lipinski definition) is 3. The topological polar surface area (TPSA) is 59.1 Å². The van der Waals surface area contributed by atoms with Gasteiger partial charge in [0.05, 0.1) is 19.3 Å². The Hall–Kier alpha value is -1.65. The molecule has 0 bridgehead atoms. The lowest BCUT2D eigenvalue weighted by Gasteiger charge is -2.16. The number of aliphatic carboxylic acids is 1. The number of ether oxygens (including phenoxy) is 2. The first-order chi connectivity index (χ1) is 9.06. The maximum absolute atomic E-state index is 10.6. The number of hydrogen-bond donors (Lipinski definition) is 1. The Morgan fingerprint density at radius 1 is 1.63 bits per heavy atom. The van der Waals surface area contributed by atoms with Crippen molar-refractivity contribution in [2.24, 2.45) is 0 Å². The molecule has 0 unspecified atom stereocenters. The zero-order valence-electron chi connectivity index (χ0n) is 11.1. The molecule has 1 aliphatic heterocycles. The number of aryl methyl sites for hydroxylation is 1. The van der Waals surface area contributed by atoms with Gasteiger partial charge < -0.3 is 14.6 Å². The number of carboxylic acids is 1. The second kappa shape index (κ2) is 5.99. The van der Waals surface area contributed by atoms with Gasteiger partial charge in [-0.3, -0.25) is 0 Å². The van der Waals surface area contributed by atoms with E-state index >= 15 is 0 Å². The van der Waals surface area contributed by atoms with Crippen molar-refractivity contribution in [3.8, 4) is 0 Å². The molecule has 1 saturated heterocycles. The van der Waals surface area contributed by atoms with Crippen molar-refractivity contribution < 1.29 is 19.4 Å². The quantitative estimate of drug-likeness (QED) is 0.632. The summed E-state index contributed by atoms with van der Waals surface area (Å²) in [5.41, 5.74) is 3.00. The van der Waals surface area contributed by atoms with Crippen LogP contribution >= 0.6 is 0 Å². The van der Waals surface area contributed by atoms with Crippen molar-refractivity contribution >= 4 is 12.0 Å². The molecule has 1 aromatic carbocycles. The van der Waals surface area contributed by atoms with Crippen molar-refractivity contribution in [2.45, 2.75) is 26.1 Å². The van der Waals surface area contributed by atoms with Gasteiger partial charge in [-0.2, -0.15) is 0 Å². The van der Waals surface area contributed by atoms with Gasteiger partial charge in [0.1, 0.15) is 6.10 Å². The lowest BCUT2D eigenvalue weighted by atomic mass is 10.00. The molecule has 0 radical (unpaired) electrons. The standard InChI is InChI=1S/C15H18O4/c1-10-3-4-12(5-6-15(16)17)14(7-10)11(2)18-8-13-9-19-13/h3-7,11,13H,8-9H2,1-2H3,(H,16,17)/b6-5+/t11-,13+/m1/s1. The van der Waals surface area contributed by atoms with Crippen LogP contribution in [0.3, 0.4) is 0 Å². The second-order valence-electron chi connectivity index (χ2n) is 4.73. The Balaban J connectivity index is 2.14. The molecule has 2 rings (SSSR count). The van der Waals surface area contributed by atoms with Gasteiger partial charge in [-0.1, -0.05) is 23.8 Å². The van der Waals surface area contributed by atoms with Crippen LogP contribution in [0, 0.1) is 6.92 Å². The molecule has 1 N–H and O–H groups in total. The third kappa shape index (κ3) is 4.19. The van der Waals surface area contributed by atoms with E-state index in [-0.39, 0.29) is 12.2 Å². The van der Waals surface area contributed by atoms with Gasteiger partial charge in [0.25, 0.3) is 0 Å². The largest absolute Gasteiger partial charge is 0.478 e. The Morgan fingerprint density at radius 3 is 3.00 bits per heavy atom. The lowest BCUT2D eigenvalue weighted by Crippen LogP contribution is -2.07. The maximum atomic E-state index is 10.6. The van der Waals surface area contributed by atoms with Gasteiger partial charge in [0.2, 0.25) is 0 Å². The Morgan fingerprint density at radius 2 is 2.37 bits per heavy atom. The minimum Gasteiger partial charge on any atom is -0.478 e. The highest BCUT2D eigenvalue weighted by Crippen LogP contribution is 2.25.